The van der Waals surface area contributed by atoms with E-state index in [0.717, 1.165) is 5.56 Å². The van der Waals surface area contributed by atoms with Crippen LogP contribution >= 0.6 is 31.9 Å². The molecule has 0 unspecified atom stereocenters. The van der Waals surface area contributed by atoms with Crippen molar-refractivity contribution in [1.82, 2.24) is 4.98 Å². The van der Waals surface area contributed by atoms with Crippen LogP contribution in [0.25, 0.3) is 0 Å². The molecular formula is C8H7Br2F2NO. The molecule has 1 aromatic rings. The molecule has 14 heavy (non-hydrogen) atoms. The molecule has 1 N–H and O–H groups in total. The maximum atomic E-state index is 12.4. The van der Waals surface area contributed by atoms with E-state index in [1.807, 2.05) is 0 Å². The molecule has 0 fully saturated rings. The van der Waals surface area contributed by atoms with Crippen molar-refractivity contribution >= 4 is 31.9 Å². The lowest BCUT2D eigenvalue weighted by atomic mass is 10.1. The van der Waals surface area contributed by atoms with Gasteiger partial charge in [-0.15, -0.1) is 0 Å². The van der Waals surface area contributed by atoms with E-state index < -0.39 is 13.0 Å². The SMILES string of the molecule is OCc1c(C(F)F)ncc(CBr)c1Br. The smallest absolute Gasteiger partial charge is 0.280 e. The Morgan fingerprint density at radius 2 is 2.14 bits per heavy atom. The number of rotatable bonds is 3. The van der Waals surface area contributed by atoms with Gasteiger partial charge in [0.2, 0.25) is 0 Å². The van der Waals surface area contributed by atoms with Gasteiger partial charge in [-0.05, 0) is 21.5 Å². The number of aliphatic hydroxyl groups excluding tert-OH is 1. The molecule has 0 saturated carbocycles. The van der Waals surface area contributed by atoms with E-state index in [4.69, 9.17) is 5.11 Å². The summed E-state index contributed by atoms with van der Waals surface area (Å²) in [5.41, 5.74) is 0.513. The van der Waals surface area contributed by atoms with E-state index in [0.29, 0.717) is 9.80 Å². The van der Waals surface area contributed by atoms with Crippen molar-refractivity contribution < 1.29 is 13.9 Å². The highest BCUT2D eigenvalue weighted by atomic mass is 79.9. The molecule has 2 nitrogen and oxygen atoms in total. The topological polar surface area (TPSA) is 33.1 Å². The molecule has 0 bridgehead atoms. The summed E-state index contributed by atoms with van der Waals surface area (Å²) < 4.78 is 25.3. The lowest BCUT2D eigenvalue weighted by molar-refractivity contribution is 0.141. The zero-order chi connectivity index (χ0) is 10.7. The van der Waals surface area contributed by atoms with Crippen LogP contribution in [0.5, 0.6) is 0 Å². The Bertz CT molecular complexity index is 333. The monoisotopic (exact) mass is 329 g/mol. The number of alkyl halides is 3. The highest BCUT2D eigenvalue weighted by Gasteiger charge is 2.18. The van der Waals surface area contributed by atoms with Crippen molar-refractivity contribution in [3.8, 4) is 0 Å². The second-order valence-corrected chi connectivity index (χ2v) is 3.91. The minimum atomic E-state index is -2.67. The Morgan fingerprint density at radius 3 is 2.57 bits per heavy atom. The largest absolute Gasteiger partial charge is 0.392 e. The molecule has 0 aromatic carbocycles. The van der Waals surface area contributed by atoms with Crippen LogP contribution in [0.15, 0.2) is 10.7 Å². The molecule has 0 amide bonds. The fourth-order valence-corrected chi connectivity index (χ4v) is 2.39. The van der Waals surface area contributed by atoms with E-state index in [2.05, 4.69) is 36.8 Å². The summed E-state index contributed by atoms with van der Waals surface area (Å²) in [7, 11) is 0. The number of hydrogen-bond donors (Lipinski definition) is 1. The zero-order valence-electron chi connectivity index (χ0n) is 6.98. The van der Waals surface area contributed by atoms with Gasteiger partial charge in [0, 0.05) is 21.6 Å². The number of nitrogens with zero attached hydrogens (tertiary/aromatic N) is 1. The van der Waals surface area contributed by atoms with Crippen molar-refractivity contribution in [2.45, 2.75) is 18.4 Å². The first kappa shape index (κ1) is 12.0. The first-order valence-corrected chi connectivity index (χ1v) is 5.64. The van der Waals surface area contributed by atoms with Crippen LogP contribution in [-0.4, -0.2) is 10.1 Å². The summed E-state index contributed by atoms with van der Waals surface area (Å²) >= 11 is 6.35. The van der Waals surface area contributed by atoms with Gasteiger partial charge in [-0.3, -0.25) is 4.98 Å². The van der Waals surface area contributed by atoms with E-state index in [-0.39, 0.29) is 11.3 Å². The van der Waals surface area contributed by atoms with Gasteiger partial charge in [-0.1, -0.05) is 15.9 Å². The molecule has 0 radical (unpaired) electrons. The van der Waals surface area contributed by atoms with Gasteiger partial charge < -0.3 is 5.11 Å². The molecule has 1 heterocycles. The quantitative estimate of drug-likeness (QED) is 0.863. The highest BCUT2D eigenvalue weighted by molar-refractivity contribution is 9.10. The molecule has 1 aromatic heterocycles. The van der Waals surface area contributed by atoms with Crippen LogP contribution < -0.4 is 0 Å². The maximum absolute atomic E-state index is 12.4. The molecule has 0 spiro atoms. The number of halogens is 4. The molecular weight excluding hydrogens is 324 g/mol. The maximum Gasteiger partial charge on any atom is 0.280 e. The second-order valence-electron chi connectivity index (χ2n) is 2.55. The van der Waals surface area contributed by atoms with Gasteiger partial charge in [0.05, 0.1) is 6.61 Å². The van der Waals surface area contributed by atoms with Gasteiger partial charge in [0.25, 0.3) is 6.43 Å². The van der Waals surface area contributed by atoms with Crippen LogP contribution in [0.2, 0.25) is 0 Å². The van der Waals surface area contributed by atoms with Crippen molar-refractivity contribution in [3.05, 3.63) is 27.5 Å². The molecule has 78 valence electrons. The molecule has 1 rings (SSSR count). The van der Waals surface area contributed by atoms with E-state index in [1.54, 1.807) is 0 Å². The third kappa shape index (κ3) is 2.29. The number of aliphatic hydroxyl groups is 1. The number of hydrogen-bond acceptors (Lipinski definition) is 2. The average molecular weight is 331 g/mol. The Balaban J connectivity index is 3.28. The number of aromatic nitrogens is 1. The summed E-state index contributed by atoms with van der Waals surface area (Å²) in [5.74, 6) is 0. The van der Waals surface area contributed by atoms with Crippen LogP contribution in [0.4, 0.5) is 8.78 Å². The summed E-state index contributed by atoms with van der Waals surface area (Å²) in [6, 6.07) is 0. The first-order valence-electron chi connectivity index (χ1n) is 3.73. The normalized spacial score (nSPS) is 11.0. The van der Waals surface area contributed by atoms with Crippen LogP contribution in [-0.2, 0) is 11.9 Å². The molecule has 0 aliphatic heterocycles. The van der Waals surface area contributed by atoms with Crippen molar-refractivity contribution in [2.75, 3.05) is 0 Å². The molecule has 0 atom stereocenters. The molecule has 0 aliphatic carbocycles. The van der Waals surface area contributed by atoms with Crippen molar-refractivity contribution in [2.24, 2.45) is 0 Å². The summed E-state index contributed by atoms with van der Waals surface area (Å²) in [6.07, 6.45) is -1.31. The first-order chi connectivity index (χ1) is 6.61. The minimum absolute atomic E-state index is 0.150. The standard InChI is InChI=1S/C8H7Br2F2NO/c9-1-4-2-13-7(8(11)12)5(3-14)6(4)10/h2,8,14H,1,3H2. The zero-order valence-corrected chi connectivity index (χ0v) is 10.1. The fourth-order valence-electron chi connectivity index (χ4n) is 1.02. The Kier molecular flexibility index (Phi) is 4.40. The van der Waals surface area contributed by atoms with Gasteiger partial charge in [0.15, 0.2) is 0 Å². The Labute approximate surface area is 96.6 Å². The second kappa shape index (κ2) is 5.14. The van der Waals surface area contributed by atoms with E-state index >= 15 is 0 Å². The predicted octanol–water partition coefficient (Wildman–Crippen LogP) is 3.17. The van der Waals surface area contributed by atoms with Gasteiger partial charge >= 0.3 is 0 Å². The number of pyridine rings is 1. The van der Waals surface area contributed by atoms with Crippen LogP contribution in [0.3, 0.4) is 0 Å². The van der Waals surface area contributed by atoms with Crippen molar-refractivity contribution in [3.63, 3.8) is 0 Å². The third-order valence-electron chi connectivity index (χ3n) is 1.72. The van der Waals surface area contributed by atoms with Crippen molar-refractivity contribution in [1.29, 1.82) is 0 Å². The van der Waals surface area contributed by atoms with Crippen LogP contribution in [0.1, 0.15) is 23.2 Å². The third-order valence-corrected chi connectivity index (χ3v) is 3.32. The lowest BCUT2D eigenvalue weighted by Gasteiger charge is -2.10. The van der Waals surface area contributed by atoms with Gasteiger partial charge in [-0.2, -0.15) is 0 Å². The predicted molar refractivity (Wildman–Crippen MR) is 55.4 cm³/mol. The van der Waals surface area contributed by atoms with Gasteiger partial charge in [-0.25, -0.2) is 8.78 Å². The fraction of sp³-hybridized carbons (Fsp3) is 0.375. The summed E-state index contributed by atoms with van der Waals surface area (Å²) in [6.45, 7) is -0.450. The highest BCUT2D eigenvalue weighted by Crippen LogP contribution is 2.30. The molecule has 0 saturated heterocycles. The minimum Gasteiger partial charge on any atom is -0.392 e. The summed E-state index contributed by atoms with van der Waals surface area (Å²) in [5, 5.41) is 9.45. The van der Waals surface area contributed by atoms with Crippen LogP contribution in [0, 0.1) is 0 Å². The van der Waals surface area contributed by atoms with E-state index in [9.17, 15) is 8.78 Å². The van der Waals surface area contributed by atoms with Gasteiger partial charge in [0.1, 0.15) is 5.69 Å². The lowest BCUT2D eigenvalue weighted by Crippen LogP contribution is -2.02. The average Bonchev–Trinajstić information content (AvgIpc) is 2.17. The molecule has 0 aliphatic rings. The summed E-state index contributed by atoms with van der Waals surface area (Å²) in [4.78, 5) is 3.61. The Morgan fingerprint density at radius 1 is 1.50 bits per heavy atom. The molecule has 6 heteroatoms. The Hall–Kier alpha value is -0.0700. The van der Waals surface area contributed by atoms with E-state index in [1.165, 1.54) is 6.20 Å².